The number of hydrogen-bond donors (Lipinski definition) is 1. The van der Waals surface area contributed by atoms with Crippen molar-refractivity contribution in [3.8, 4) is 11.3 Å². The monoisotopic (exact) mass is 436 g/mol. The molecule has 1 aliphatic rings. The molecule has 3 unspecified atom stereocenters. The van der Waals surface area contributed by atoms with Gasteiger partial charge in [0.15, 0.2) is 12.2 Å². The van der Waals surface area contributed by atoms with Gasteiger partial charge in [-0.2, -0.15) is 0 Å². The topological polar surface area (TPSA) is 101 Å². The van der Waals surface area contributed by atoms with Crippen molar-refractivity contribution in [1.82, 2.24) is 20.4 Å². The van der Waals surface area contributed by atoms with E-state index in [1.807, 2.05) is 45.0 Å². The quantitative estimate of drug-likeness (QED) is 0.601. The van der Waals surface area contributed by atoms with E-state index in [-0.39, 0.29) is 17.9 Å². The van der Waals surface area contributed by atoms with Gasteiger partial charge in [-0.3, -0.25) is 9.59 Å². The van der Waals surface area contributed by atoms with Gasteiger partial charge in [-0.25, -0.2) is 4.98 Å². The van der Waals surface area contributed by atoms with Crippen LogP contribution >= 0.6 is 0 Å². The summed E-state index contributed by atoms with van der Waals surface area (Å²) in [5.74, 6) is 0.615. The largest absolute Gasteiger partial charge is 0.444 e. The summed E-state index contributed by atoms with van der Waals surface area (Å²) in [5.41, 5.74) is 2.64. The Bertz CT molecular complexity index is 1060. The summed E-state index contributed by atoms with van der Waals surface area (Å²) >= 11 is 0. The maximum Gasteiger partial charge on any atom is 0.243 e. The number of rotatable bonds is 7. The highest BCUT2D eigenvalue weighted by Gasteiger charge is 2.38. The highest BCUT2D eigenvalue weighted by molar-refractivity contribution is 5.91. The van der Waals surface area contributed by atoms with Crippen LogP contribution in [0.25, 0.3) is 11.3 Å². The number of amides is 2. The highest BCUT2D eigenvalue weighted by atomic mass is 16.5. The van der Waals surface area contributed by atoms with Crippen molar-refractivity contribution < 1.29 is 18.5 Å². The zero-order chi connectivity index (χ0) is 22.7. The molecule has 0 radical (unpaired) electrons. The van der Waals surface area contributed by atoms with Gasteiger partial charge in [0.05, 0.1) is 23.9 Å². The summed E-state index contributed by atoms with van der Waals surface area (Å²) in [6, 6.07) is 8.92. The Kier molecular flexibility index (Phi) is 6.39. The van der Waals surface area contributed by atoms with Crippen LogP contribution < -0.4 is 5.32 Å². The van der Waals surface area contributed by atoms with E-state index in [4.69, 9.17) is 8.94 Å². The van der Waals surface area contributed by atoms with Crippen LogP contribution in [0.3, 0.4) is 0 Å². The fourth-order valence-electron chi connectivity index (χ4n) is 4.24. The molecule has 1 aromatic carbocycles. The van der Waals surface area contributed by atoms with Gasteiger partial charge in [-0.15, -0.1) is 0 Å². The minimum Gasteiger partial charge on any atom is -0.444 e. The van der Waals surface area contributed by atoms with Crippen molar-refractivity contribution in [2.45, 2.75) is 58.0 Å². The predicted octanol–water partition coefficient (Wildman–Crippen LogP) is 4.00. The maximum absolute atomic E-state index is 13.3. The standard InChI is InChI=1S/C24H28N4O4/c1-4-19(21-12-15(2)27-32-21)24(30)28-11-5-6-20(28)23(29)26-16(3)17-7-9-18(10-8-17)22-13-25-14-31-22/h7-10,12-14,16,19-20H,4-6,11H2,1-3H3,(H,26,29). The molecule has 0 saturated carbocycles. The third-order valence-corrected chi connectivity index (χ3v) is 6.02. The zero-order valence-corrected chi connectivity index (χ0v) is 18.6. The van der Waals surface area contributed by atoms with Gasteiger partial charge < -0.3 is 19.2 Å². The predicted molar refractivity (Wildman–Crippen MR) is 118 cm³/mol. The van der Waals surface area contributed by atoms with Crippen LogP contribution in [0.5, 0.6) is 0 Å². The maximum atomic E-state index is 13.3. The molecule has 1 saturated heterocycles. The number of likely N-dealkylation sites (tertiary alicyclic amines) is 1. The normalized spacial score (nSPS) is 17.8. The number of aryl methyl sites for hydroxylation is 1. The summed E-state index contributed by atoms with van der Waals surface area (Å²) in [6.07, 6.45) is 5.10. The van der Waals surface area contributed by atoms with Gasteiger partial charge in [0.2, 0.25) is 11.8 Å². The smallest absolute Gasteiger partial charge is 0.243 e. The first-order valence-electron chi connectivity index (χ1n) is 11.0. The molecule has 3 heterocycles. The van der Waals surface area contributed by atoms with Gasteiger partial charge in [-0.1, -0.05) is 36.3 Å². The molecular weight excluding hydrogens is 408 g/mol. The highest BCUT2D eigenvalue weighted by Crippen LogP contribution is 2.28. The SMILES string of the molecule is CCC(C(=O)N1CCCC1C(=O)NC(C)c1ccc(-c2cnco2)cc1)c1cc(C)no1. The lowest BCUT2D eigenvalue weighted by Crippen LogP contribution is -2.47. The van der Waals surface area contributed by atoms with Crippen LogP contribution in [0.2, 0.25) is 0 Å². The van der Waals surface area contributed by atoms with E-state index in [1.54, 1.807) is 17.2 Å². The molecule has 2 aromatic heterocycles. The fourth-order valence-corrected chi connectivity index (χ4v) is 4.24. The van der Waals surface area contributed by atoms with Gasteiger partial charge in [-0.05, 0) is 38.7 Å². The molecule has 168 valence electrons. The molecular formula is C24H28N4O4. The van der Waals surface area contributed by atoms with Crippen molar-refractivity contribution in [3.63, 3.8) is 0 Å². The molecule has 3 aromatic rings. The Morgan fingerprint density at radius 2 is 2.06 bits per heavy atom. The van der Waals surface area contributed by atoms with E-state index in [9.17, 15) is 9.59 Å². The van der Waals surface area contributed by atoms with E-state index in [1.165, 1.54) is 6.39 Å². The summed E-state index contributed by atoms with van der Waals surface area (Å²) in [4.78, 5) is 32.0. The van der Waals surface area contributed by atoms with Crippen LogP contribution in [0, 0.1) is 6.92 Å². The third-order valence-electron chi connectivity index (χ3n) is 6.02. The second-order valence-corrected chi connectivity index (χ2v) is 8.24. The van der Waals surface area contributed by atoms with Crippen molar-refractivity contribution >= 4 is 11.8 Å². The average Bonchev–Trinajstić information content (AvgIpc) is 3.56. The molecule has 8 nitrogen and oxygen atoms in total. The second kappa shape index (κ2) is 9.38. The molecule has 1 N–H and O–H groups in total. The fraction of sp³-hybridized carbons (Fsp3) is 0.417. The molecule has 3 atom stereocenters. The zero-order valence-electron chi connectivity index (χ0n) is 18.6. The molecule has 1 fully saturated rings. The first-order chi connectivity index (χ1) is 15.5. The molecule has 0 aliphatic carbocycles. The van der Waals surface area contributed by atoms with Gasteiger partial charge in [0.25, 0.3) is 0 Å². The number of nitrogens with zero attached hydrogens (tertiary/aromatic N) is 3. The Labute approximate surface area is 187 Å². The Morgan fingerprint density at radius 1 is 1.28 bits per heavy atom. The number of nitrogens with one attached hydrogen (secondary N) is 1. The number of benzene rings is 1. The molecule has 2 amide bonds. The van der Waals surface area contributed by atoms with Gasteiger partial charge in [0.1, 0.15) is 11.8 Å². The van der Waals surface area contributed by atoms with E-state index >= 15 is 0 Å². The number of hydrogen-bond acceptors (Lipinski definition) is 6. The van der Waals surface area contributed by atoms with E-state index in [0.717, 1.165) is 23.2 Å². The lowest BCUT2D eigenvalue weighted by Gasteiger charge is -2.28. The van der Waals surface area contributed by atoms with Crippen LogP contribution in [0.15, 0.2) is 51.9 Å². The number of oxazole rings is 1. The Morgan fingerprint density at radius 3 is 2.69 bits per heavy atom. The first-order valence-corrected chi connectivity index (χ1v) is 11.0. The van der Waals surface area contributed by atoms with Gasteiger partial charge >= 0.3 is 0 Å². The third kappa shape index (κ3) is 4.44. The van der Waals surface area contributed by atoms with Crippen LogP contribution in [-0.2, 0) is 9.59 Å². The van der Waals surface area contributed by atoms with Crippen molar-refractivity contribution in [2.75, 3.05) is 6.54 Å². The Balaban J connectivity index is 1.42. The van der Waals surface area contributed by atoms with Crippen molar-refractivity contribution in [2.24, 2.45) is 0 Å². The first kappa shape index (κ1) is 21.8. The van der Waals surface area contributed by atoms with E-state index in [0.29, 0.717) is 30.9 Å². The lowest BCUT2D eigenvalue weighted by molar-refractivity contribution is -0.140. The van der Waals surface area contributed by atoms with Crippen LogP contribution in [-0.4, -0.2) is 39.4 Å². The van der Waals surface area contributed by atoms with Crippen LogP contribution in [0.4, 0.5) is 0 Å². The van der Waals surface area contributed by atoms with Crippen LogP contribution in [0.1, 0.15) is 62.1 Å². The summed E-state index contributed by atoms with van der Waals surface area (Å²) in [7, 11) is 0. The van der Waals surface area contributed by atoms with Crippen molar-refractivity contribution in [3.05, 3.63) is 59.9 Å². The number of carbonyl (C=O) groups is 2. The molecule has 32 heavy (non-hydrogen) atoms. The minimum absolute atomic E-state index is 0.0784. The van der Waals surface area contributed by atoms with E-state index in [2.05, 4.69) is 15.5 Å². The summed E-state index contributed by atoms with van der Waals surface area (Å²) < 4.78 is 10.7. The van der Waals surface area contributed by atoms with Gasteiger partial charge in [0, 0.05) is 18.2 Å². The molecule has 8 heteroatoms. The second-order valence-electron chi connectivity index (χ2n) is 8.24. The number of aromatic nitrogens is 2. The number of carbonyl (C=O) groups excluding carboxylic acids is 2. The van der Waals surface area contributed by atoms with E-state index < -0.39 is 12.0 Å². The molecule has 0 bridgehead atoms. The lowest BCUT2D eigenvalue weighted by atomic mass is 10.0. The molecule has 4 rings (SSSR count). The molecule has 1 aliphatic heterocycles. The molecule has 0 spiro atoms. The summed E-state index contributed by atoms with van der Waals surface area (Å²) in [6.45, 7) is 6.28. The average molecular weight is 437 g/mol. The minimum atomic E-state index is -0.475. The summed E-state index contributed by atoms with van der Waals surface area (Å²) in [5, 5.41) is 6.98. The Hall–Kier alpha value is -3.42. The van der Waals surface area contributed by atoms with Crippen molar-refractivity contribution in [1.29, 1.82) is 0 Å².